The number of rotatable bonds is 18. The Morgan fingerprint density at radius 1 is 0.565 bits per heavy atom. The van der Waals surface area contributed by atoms with Crippen molar-refractivity contribution in [2.75, 3.05) is 0 Å². The van der Waals surface area contributed by atoms with Gasteiger partial charge in [0.25, 0.3) is 0 Å². The first-order valence-electron chi connectivity index (χ1n) is 10.7. The van der Waals surface area contributed by atoms with E-state index < -0.39 is 5.60 Å². The molecular formula is C22H45O. The molecule has 0 rings (SSSR count). The van der Waals surface area contributed by atoms with Crippen molar-refractivity contribution in [3.05, 3.63) is 6.42 Å². The summed E-state index contributed by atoms with van der Waals surface area (Å²) < 4.78 is 0. The molecule has 1 nitrogen and oxygen atoms in total. The molecule has 0 amide bonds. The largest absolute Gasteiger partial charge is 0.390 e. The van der Waals surface area contributed by atoms with Gasteiger partial charge in [-0.3, -0.25) is 0 Å². The van der Waals surface area contributed by atoms with Gasteiger partial charge >= 0.3 is 0 Å². The lowest BCUT2D eigenvalue weighted by molar-refractivity contribution is 0.0468. The average molecular weight is 326 g/mol. The highest BCUT2D eigenvalue weighted by molar-refractivity contribution is 4.92. The fourth-order valence-corrected chi connectivity index (χ4v) is 3.32. The zero-order valence-electron chi connectivity index (χ0n) is 16.5. The molecule has 1 heteroatoms. The van der Waals surface area contributed by atoms with E-state index in [-0.39, 0.29) is 0 Å². The van der Waals surface area contributed by atoms with Gasteiger partial charge in [0.2, 0.25) is 0 Å². The third-order valence-corrected chi connectivity index (χ3v) is 5.01. The molecular weight excluding hydrogens is 280 g/mol. The molecule has 0 spiro atoms. The molecule has 0 saturated heterocycles. The van der Waals surface area contributed by atoms with E-state index in [1.54, 1.807) is 0 Å². The Morgan fingerprint density at radius 2 is 1.00 bits per heavy atom. The highest BCUT2D eigenvalue weighted by atomic mass is 16.3. The molecule has 1 radical (unpaired) electrons. The van der Waals surface area contributed by atoms with Gasteiger partial charge in [0.05, 0.1) is 5.60 Å². The van der Waals surface area contributed by atoms with E-state index in [1.807, 2.05) is 0 Å². The summed E-state index contributed by atoms with van der Waals surface area (Å²) in [5, 5.41) is 10.9. The monoisotopic (exact) mass is 325 g/mol. The second-order valence-corrected chi connectivity index (χ2v) is 7.49. The first-order valence-corrected chi connectivity index (χ1v) is 10.7. The minimum Gasteiger partial charge on any atom is -0.390 e. The molecule has 0 heterocycles. The van der Waals surface area contributed by atoms with Gasteiger partial charge in [0.15, 0.2) is 0 Å². The van der Waals surface area contributed by atoms with Crippen molar-refractivity contribution in [1.82, 2.24) is 0 Å². The summed E-state index contributed by atoms with van der Waals surface area (Å²) in [4.78, 5) is 0. The SMILES string of the molecule is CCCCCCCC[CH]C(O)(CCCC)CCCCCCCC. The predicted octanol–water partition coefficient (Wildman–Crippen LogP) is 7.61. The van der Waals surface area contributed by atoms with Crippen LogP contribution in [0.15, 0.2) is 0 Å². The third kappa shape index (κ3) is 15.2. The normalized spacial score (nSPS) is 14.1. The van der Waals surface area contributed by atoms with Crippen LogP contribution in [-0.4, -0.2) is 10.7 Å². The molecule has 0 aliphatic carbocycles. The fourth-order valence-electron chi connectivity index (χ4n) is 3.32. The standard InChI is InChI=1S/C22H45O/c1-4-7-10-12-14-16-18-21-22(23,19-9-6-3)20-17-15-13-11-8-5-2/h21,23H,4-20H2,1-3H3. The first kappa shape index (κ1) is 23.0. The smallest absolute Gasteiger partial charge is 0.0679 e. The number of hydrogen-bond acceptors (Lipinski definition) is 1. The molecule has 1 N–H and O–H groups in total. The quantitative estimate of drug-likeness (QED) is 0.257. The lowest BCUT2D eigenvalue weighted by Crippen LogP contribution is -2.29. The minimum atomic E-state index is -0.482. The highest BCUT2D eigenvalue weighted by Crippen LogP contribution is 2.27. The van der Waals surface area contributed by atoms with Gasteiger partial charge in [-0.2, -0.15) is 0 Å². The summed E-state index contributed by atoms with van der Waals surface area (Å²) in [5.41, 5.74) is -0.482. The summed E-state index contributed by atoms with van der Waals surface area (Å²) in [6.07, 6.45) is 23.5. The van der Waals surface area contributed by atoms with Gasteiger partial charge in [-0.1, -0.05) is 111 Å². The summed E-state index contributed by atoms with van der Waals surface area (Å²) >= 11 is 0. The second-order valence-electron chi connectivity index (χ2n) is 7.49. The van der Waals surface area contributed by atoms with Crippen LogP contribution in [0.1, 0.15) is 130 Å². The number of unbranched alkanes of at least 4 members (excludes halogenated alkanes) is 12. The molecule has 0 aliphatic rings. The molecule has 1 unspecified atom stereocenters. The zero-order valence-corrected chi connectivity index (χ0v) is 16.5. The van der Waals surface area contributed by atoms with E-state index in [0.717, 1.165) is 25.7 Å². The van der Waals surface area contributed by atoms with E-state index in [0.29, 0.717) is 0 Å². The van der Waals surface area contributed by atoms with Gasteiger partial charge in [0.1, 0.15) is 0 Å². The maximum Gasteiger partial charge on any atom is 0.0679 e. The summed E-state index contributed by atoms with van der Waals surface area (Å²) in [6, 6.07) is 0. The minimum absolute atomic E-state index is 0.482. The van der Waals surface area contributed by atoms with Crippen LogP contribution >= 0.6 is 0 Å². The van der Waals surface area contributed by atoms with Crippen LogP contribution in [0.2, 0.25) is 0 Å². The van der Waals surface area contributed by atoms with Crippen LogP contribution in [-0.2, 0) is 0 Å². The fraction of sp³-hybridized carbons (Fsp3) is 0.955. The van der Waals surface area contributed by atoms with Crippen LogP contribution in [0.3, 0.4) is 0 Å². The Labute approximate surface area is 147 Å². The molecule has 23 heavy (non-hydrogen) atoms. The Balaban J connectivity index is 3.82. The lowest BCUT2D eigenvalue weighted by Gasteiger charge is -2.28. The average Bonchev–Trinajstić information content (AvgIpc) is 2.55. The van der Waals surface area contributed by atoms with Crippen molar-refractivity contribution in [3.8, 4) is 0 Å². The second kappa shape index (κ2) is 16.8. The summed E-state index contributed by atoms with van der Waals surface area (Å²) in [7, 11) is 0. The molecule has 139 valence electrons. The number of aliphatic hydroxyl groups is 1. The van der Waals surface area contributed by atoms with Crippen molar-refractivity contribution in [2.24, 2.45) is 0 Å². The van der Waals surface area contributed by atoms with Crippen molar-refractivity contribution in [3.63, 3.8) is 0 Å². The van der Waals surface area contributed by atoms with E-state index >= 15 is 0 Å². The van der Waals surface area contributed by atoms with E-state index in [9.17, 15) is 5.11 Å². The predicted molar refractivity (Wildman–Crippen MR) is 105 cm³/mol. The van der Waals surface area contributed by atoms with Gasteiger partial charge in [0, 0.05) is 0 Å². The van der Waals surface area contributed by atoms with Crippen molar-refractivity contribution < 1.29 is 5.11 Å². The third-order valence-electron chi connectivity index (χ3n) is 5.01. The molecule has 0 bridgehead atoms. The van der Waals surface area contributed by atoms with Gasteiger partial charge < -0.3 is 5.11 Å². The van der Waals surface area contributed by atoms with Gasteiger partial charge in [-0.25, -0.2) is 0 Å². The molecule has 0 aromatic carbocycles. The summed E-state index contributed by atoms with van der Waals surface area (Å²) in [6.45, 7) is 6.75. The van der Waals surface area contributed by atoms with Crippen molar-refractivity contribution in [1.29, 1.82) is 0 Å². The molecule has 1 atom stereocenters. The maximum absolute atomic E-state index is 10.9. The lowest BCUT2D eigenvalue weighted by atomic mass is 9.85. The van der Waals surface area contributed by atoms with Crippen LogP contribution in [0.25, 0.3) is 0 Å². The van der Waals surface area contributed by atoms with Gasteiger partial charge in [-0.05, 0) is 25.7 Å². The maximum atomic E-state index is 10.9. The van der Waals surface area contributed by atoms with Crippen LogP contribution < -0.4 is 0 Å². The van der Waals surface area contributed by atoms with E-state index in [1.165, 1.54) is 83.5 Å². The Kier molecular flexibility index (Phi) is 16.8. The zero-order chi connectivity index (χ0) is 17.2. The topological polar surface area (TPSA) is 20.2 Å². The van der Waals surface area contributed by atoms with Gasteiger partial charge in [-0.15, -0.1) is 0 Å². The Hall–Kier alpha value is -0.0400. The van der Waals surface area contributed by atoms with Crippen LogP contribution in [0.4, 0.5) is 0 Å². The summed E-state index contributed by atoms with van der Waals surface area (Å²) in [5.74, 6) is 0. The Morgan fingerprint density at radius 3 is 1.57 bits per heavy atom. The van der Waals surface area contributed by atoms with Crippen molar-refractivity contribution >= 4 is 0 Å². The first-order chi connectivity index (χ1) is 11.2. The van der Waals surface area contributed by atoms with Crippen molar-refractivity contribution in [2.45, 2.75) is 136 Å². The van der Waals surface area contributed by atoms with Crippen LogP contribution in [0, 0.1) is 6.42 Å². The van der Waals surface area contributed by atoms with E-state index in [2.05, 4.69) is 27.2 Å². The molecule has 0 aliphatic heterocycles. The molecule has 0 aromatic rings. The van der Waals surface area contributed by atoms with E-state index in [4.69, 9.17) is 0 Å². The van der Waals surface area contributed by atoms with Crippen LogP contribution in [0.5, 0.6) is 0 Å². The Bertz CT molecular complexity index is 226. The highest BCUT2D eigenvalue weighted by Gasteiger charge is 2.25. The molecule has 0 fully saturated rings. The molecule has 0 saturated carbocycles. The molecule has 0 aromatic heterocycles. The number of hydrogen-bond donors (Lipinski definition) is 1.